The van der Waals surface area contributed by atoms with E-state index in [-0.39, 0.29) is 11.9 Å². The molecule has 1 aliphatic carbocycles. The van der Waals surface area contributed by atoms with Crippen LogP contribution < -0.4 is 0 Å². The highest BCUT2D eigenvalue weighted by Crippen LogP contribution is 2.40. The predicted molar refractivity (Wildman–Crippen MR) is 85.1 cm³/mol. The molecule has 23 heavy (non-hydrogen) atoms. The van der Waals surface area contributed by atoms with Gasteiger partial charge in [-0.05, 0) is 42.9 Å². The number of carboxylic acids is 1. The van der Waals surface area contributed by atoms with Crippen molar-refractivity contribution in [2.45, 2.75) is 50.8 Å². The summed E-state index contributed by atoms with van der Waals surface area (Å²) in [5.41, 5.74) is 1.47. The van der Waals surface area contributed by atoms with Gasteiger partial charge in [0.2, 0.25) is 0 Å². The molecule has 1 saturated carbocycles. The molecule has 0 spiro atoms. The van der Waals surface area contributed by atoms with Crippen LogP contribution in [-0.4, -0.2) is 41.1 Å². The second-order valence-electron chi connectivity index (χ2n) is 6.55. The van der Waals surface area contributed by atoms with Crippen molar-refractivity contribution in [1.82, 2.24) is 4.90 Å². The van der Waals surface area contributed by atoms with E-state index in [1.54, 1.807) is 24.1 Å². The van der Waals surface area contributed by atoms with Crippen molar-refractivity contribution in [3.63, 3.8) is 0 Å². The van der Waals surface area contributed by atoms with Crippen molar-refractivity contribution in [2.24, 2.45) is 5.92 Å². The highest BCUT2D eigenvalue weighted by atomic mass is 16.5. The Morgan fingerprint density at radius 2 is 2.09 bits per heavy atom. The van der Waals surface area contributed by atoms with Crippen molar-refractivity contribution in [2.75, 3.05) is 7.11 Å². The maximum Gasteiger partial charge on any atom is 0.326 e. The third-order valence-electron chi connectivity index (χ3n) is 5.09. The Balaban J connectivity index is 1.89. The highest BCUT2D eigenvalue weighted by molar-refractivity contribution is 5.97. The lowest BCUT2D eigenvalue weighted by atomic mass is 9.84. The van der Waals surface area contributed by atoms with Gasteiger partial charge in [0.05, 0.1) is 6.61 Å². The molecule has 0 aromatic heterocycles. The van der Waals surface area contributed by atoms with Crippen LogP contribution in [0.4, 0.5) is 0 Å². The molecular weight excluding hydrogens is 294 g/mol. The van der Waals surface area contributed by atoms with Crippen LogP contribution in [0.3, 0.4) is 0 Å². The van der Waals surface area contributed by atoms with Crippen LogP contribution in [0.25, 0.3) is 0 Å². The van der Waals surface area contributed by atoms with Crippen molar-refractivity contribution in [1.29, 1.82) is 0 Å². The Kier molecular flexibility index (Phi) is 4.66. The molecule has 1 amide bonds. The number of fused-ring (bicyclic) bond motifs is 1. The summed E-state index contributed by atoms with van der Waals surface area (Å²) in [6.45, 7) is 0.440. The van der Waals surface area contributed by atoms with E-state index >= 15 is 0 Å². The number of methoxy groups -OCH3 is 1. The molecule has 1 aromatic rings. The summed E-state index contributed by atoms with van der Waals surface area (Å²) < 4.78 is 5.11. The number of rotatable bonds is 4. The summed E-state index contributed by atoms with van der Waals surface area (Å²) in [5.74, 6) is -0.721. The van der Waals surface area contributed by atoms with Crippen LogP contribution >= 0.6 is 0 Å². The van der Waals surface area contributed by atoms with E-state index in [2.05, 4.69) is 0 Å². The molecule has 0 unspecified atom stereocenters. The lowest BCUT2D eigenvalue weighted by Crippen LogP contribution is -2.46. The number of aliphatic carboxylic acids is 1. The van der Waals surface area contributed by atoms with Gasteiger partial charge in [0.25, 0.3) is 5.91 Å². The van der Waals surface area contributed by atoms with E-state index in [1.165, 1.54) is 0 Å². The first kappa shape index (κ1) is 16.0. The van der Waals surface area contributed by atoms with Gasteiger partial charge in [-0.2, -0.15) is 0 Å². The first-order valence-corrected chi connectivity index (χ1v) is 8.25. The van der Waals surface area contributed by atoms with Gasteiger partial charge in [-0.1, -0.05) is 25.0 Å². The van der Waals surface area contributed by atoms with E-state index in [4.69, 9.17) is 4.74 Å². The topological polar surface area (TPSA) is 66.8 Å². The van der Waals surface area contributed by atoms with Crippen molar-refractivity contribution in [3.05, 3.63) is 35.4 Å². The molecule has 1 saturated heterocycles. The zero-order valence-corrected chi connectivity index (χ0v) is 13.4. The van der Waals surface area contributed by atoms with Crippen molar-refractivity contribution < 1.29 is 19.4 Å². The predicted octanol–water partition coefficient (Wildman–Crippen LogP) is 2.69. The number of hydrogen-bond acceptors (Lipinski definition) is 3. The molecule has 0 radical (unpaired) electrons. The highest BCUT2D eigenvalue weighted by Gasteiger charge is 2.47. The fourth-order valence-electron chi connectivity index (χ4n) is 4.08. The first-order chi connectivity index (χ1) is 11.1. The lowest BCUT2D eigenvalue weighted by molar-refractivity contribution is -0.141. The van der Waals surface area contributed by atoms with Crippen LogP contribution in [0.2, 0.25) is 0 Å². The minimum Gasteiger partial charge on any atom is -0.480 e. The largest absolute Gasteiger partial charge is 0.480 e. The quantitative estimate of drug-likeness (QED) is 0.927. The van der Waals surface area contributed by atoms with E-state index in [9.17, 15) is 14.7 Å². The molecule has 5 nitrogen and oxygen atoms in total. The van der Waals surface area contributed by atoms with E-state index in [0.29, 0.717) is 24.5 Å². The fraction of sp³-hybridized carbons (Fsp3) is 0.556. The summed E-state index contributed by atoms with van der Waals surface area (Å²) in [7, 11) is 1.61. The SMILES string of the molecule is COCc1cccc(C(=O)N2[C@@H]3CCCC[C@@H]3C[C@H]2C(=O)O)c1. The molecular formula is C18H23NO4. The van der Waals surface area contributed by atoms with Gasteiger partial charge >= 0.3 is 5.97 Å². The number of carbonyl (C=O) groups is 2. The molecule has 5 heteroatoms. The van der Waals surface area contributed by atoms with Gasteiger partial charge in [0.1, 0.15) is 6.04 Å². The van der Waals surface area contributed by atoms with Crippen molar-refractivity contribution in [3.8, 4) is 0 Å². The minimum absolute atomic E-state index is 0.0726. The molecule has 3 atom stereocenters. The monoisotopic (exact) mass is 317 g/mol. The Morgan fingerprint density at radius 1 is 1.30 bits per heavy atom. The van der Waals surface area contributed by atoms with E-state index in [1.807, 2.05) is 12.1 Å². The standard InChI is InChI=1S/C18H23NO4/c1-23-11-12-5-4-7-14(9-12)17(20)19-15-8-3-2-6-13(15)10-16(19)18(21)22/h4-5,7,9,13,15-16H,2-3,6,8,10-11H2,1H3,(H,21,22)/t13-,15-,16+/m1/s1. The summed E-state index contributed by atoms with van der Waals surface area (Å²) in [5, 5.41) is 9.55. The average molecular weight is 317 g/mol. The Hall–Kier alpha value is -1.88. The fourth-order valence-corrected chi connectivity index (χ4v) is 4.08. The summed E-state index contributed by atoms with van der Waals surface area (Å²) in [6, 6.07) is 6.68. The number of carbonyl (C=O) groups excluding carboxylic acids is 1. The average Bonchev–Trinajstić information content (AvgIpc) is 2.94. The van der Waals surface area contributed by atoms with Gasteiger partial charge in [0, 0.05) is 18.7 Å². The third-order valence-corrected chi connectivity index (χ3v) is 5.09. The Morgan fingerprint density at radius 3 is 2.83 bits per heavy atom. The second kappa shape index (κ2) is 6.71. The molecule has 2 aliphatic rings. The molecule has 124 valence electrons. The summed E-state index contributed by atoms with van der Waals surface area (Å²) >= 11 is 0. The number of amides is 1. The minimum atomic E-state index is -0.888. The number of benzene rings is 1. The summed E-state index contributed by atoms with van der Waals surface area (Å²) in [6.07, 6.45) is 4.74. The van der Waals surface area contributed by atoms with Gasteiger partial charge in [-0.25, -0.2) is 4.79 Å². The number of ether oxygens (including phenoxy) is 1. The number of likely N-dealkylation sites (tertiary alicyclic amines) is 1. The van der Waals surface area contributed by atoms with Crippen LogP contribution in [0.15, 0.2) is 24.3 Å². The molecule has 1 N–H and O–H groups in total. The van der Waals surface area contributed by atoms with Crippen LogP contribution in [0, 0.1) is 5.92 Å². The Bertz CT molecular complexity index is 600. The zero-order chi connectivity index (χ0) is 16.4. The molecule has 0 bridgehead atoms. The third kappa shape index (κ3) is 3.11. The molecule has 1 aliphatic heterocycles. The molecule has 1 heterocycles. The molecule has 3 rings (SSSR count). The maximum absolute atomic E-state index is 13.0. The van der Waals surface area contributed by atoms with Gasteiger partial charge in [-0.15, -0.1) is 0 Å². The van der Waals surface area contributed by atoms with Crippen LogP contribution in [0.5, 0.6) is 0 Å². The molecule has 2 fully saturated rings. The van der Waals surface area contributed by atoms with Crippen LogP contribution in [-0.2, 0) is 16.1 Å². The summed E-state index contributed by atoms with van der Waals surface area (Å²) in [4.78, 5) is 26.3. The van der Waals surface area contributed by atoms with E-state index < -0.39 is 12.0 Å². The smallest absolute Gasteiger partial charge is 0.326 e. The van der Waals surface area contributed by atoms with Crippen LogP contribution in [0.1, 0.15) is 48.0 Å². The normalized spacial score (nSPS) is 26.8. The number of hydrogen-bond donors (Lipinski definition) is 1. The maximum atomic E-state index is 13.0. The van der Waals surface area contributed by atoms with Gasteiger partial charge in [0.15, 0.2) is 0 Å². The second-order valence-corrected chi connectivity index (χ2v) is 6.55. The van der Waals surface area contributed by atoms with Crippen molar-refractivity contribution >= 4 is 11.9 Å². The molecule has 1 aromatic carbocycles. The lowest BCUT2D eigenvalue weighted by Gasteiger charge is -2.33. The van der Waals surface area contributed by atoms with Gasteiger partial charge < -0.3 is 14.7 Å². The number of carboxylic acid groups (broad SMARTS) is 1. The Labute approximate surface area is 136 Å². The number of nitrogens with zero attached hydrogens (tertiary/aromatic N) is 1. The first-order valence-electron chi connectivity index (χ1n) is 8.25. The van der Waals surface area contributed by atoms with Gasteiger partial charge in [-0.3, -0.25) is 4.79 Å². The van der Waals surface area contributed by atoms with E-state index in [0.717, 1.165) is 31.2 Å². The zero-order valence-electron chi connectivity index (χ0n) is 13.4.